The Labute approximate surface area is 106 Å². The zero-order valence-corrected chi connectivity index (χ0v) is 12.3. The Balaban J connectivity index is 2.28. The number of benzene rings is 2. The van der Waals surface area contributed by atoms with E-state index in [9.17, 15) is 0 Å². The summed E-state index contributed by atoms with van der Waals surface area (Å²) < 4.78 is 2.40. The van der Waals surface area contributed by atoms with Gasteiger partial charge in [-0.05, 0) is 0 Å². The van der Waals surface area contributed by atoms with Crippen LogP contribution in [0.2, 0.25) is 0 Å². The van der Waals surface area contributed by atoms with Crippen LogP contribution in [0.15, 0.2) is 48.5 Å². The number of hydrogen-bond acceptors (Lipinski definition) is 0. The quantitative estimate of drug-likeness (QED) is 0.631. The molecule has 0 aliphatic carbocycles. The Hall–Kier alpha value is -0.190. The predicted octanol–water partition coefficient (Wildman–Crippen LogP) is 2.62. The van der Waals surface area contributed by atoms with Gasteiger partial charge in [0.1, 0.15) is 0 Å². The van der Waals surface area contributed by atoms with Crippen LogP contribution in [-0.4, -0.2) is 15.9 Å². The summed E-state index contributed by atoms with van der Waals surface area (Å²) in [7, 11) is 13.4. The van der Waals surface area contributed by atoms with Gasteiger partial charge in [-0.15, -0.1) is 0 Å². The van der Waals surface area contributed by atoms with Crippen LogP contribution in [0.4, 0.5) is 0 Å². The third kappa shape index (κ3) is 1.59. The van der Waals surface area contributed by atoms with Gasteiger partial charge in [-0.2, -0.15) is 0 Å². The van der Waals surface area contributed by atoms with Crippen LogP contribution in [0.25, 0.3) is 0 Å². The van der Waals surface area contributed by atoms with Crippen molar-refractivity contribution in [1.29, 1.82) is 0 Å². The first-order chi connectivity index (χ1) is 7.69. The van der Waals surface area contributed by atoms with Gasteiger partial charge in [0.05, 0.1) is 0 Å². The number of fused-ring (bicyclic) bond motifs is 2. The first-order valence-corrected chi connectivity index (χ1v) is 13.3. The average molecular weight is 365 g/mol. The van der Waals surface area contributed by atoms with Gasteiger partial charge in [-0.25, -0.2) is 0 Å². The van der Waals surface area contributed by atoms with Gasteiger partial charge >= 0.3 is 107 Å². The molecule has 1 aliphatic rings. The molecule has 1 heterocycles. The van der Waals surface area contributed by atoms with Gasteiger partial charge in [0.2, 0.25) is 0 Å². The van der Waals surface area contributed by atoms with E-state index in [4.69, 9.17) is 17.9 Å². The minimum absolute atomic E-state index is 0.958. The molecule has 2 aromatic rings. The monoisotopic (exact) mass is 366 g/mol. The van der Waals surface area contributed by atoms with E-state index in [-0.39, 0.29) is 0 Å². The fourth-order valence-corrected chi connectivity index (χ4v) is 10.9. The molecule has 82 valence electrons. The van der Waals surface area contributed by atoms with Crippen LogP contribution in [0.5, 0.6) is 0 Å². The molecule has 16 heavy (non-hydrogen) atoms. The van der Waals surface area contributed by atoms with E-state index in [1.54, 1.807) is 0 Å². The molecule has 0 atom stereocenters. The van der Waals surface area contributed by atoms with Crippen molar-refractivity contribution in [3.8, 4) is 0 Å². The second-order valence-electron chi connectivity index (χ2n) is 3.86. The molecule has 0 aromatic heterocycles. The Morgan fingerprint density at radius 2 is 1.19 bits per heavy atom. The van der Waals surface area contributed by atoms with Crippen molar-refractivity contribution in [2.45, 2.75) is 6.42 Å². The molecule has 0 bridgehead atoms. The molecule has 3 rings (SSSR count). The molecule has 0 unspecified atom stereocenters. The summed E-state index contributed by atoms with van der Waals surface area (Å²) in [6.07, 6.45) is 0.958. The van der Waals surface area contributed by atoms with E-state index >= 15 is 0 Å². The third-order valence-electron chi connectivity index (χ3n) is 2.88. The van der Waals surface area contributed by atoms with Gasteiger partial charge in [0, 0.05) is 0 Å². The van der Waals surface area contributed by atoms with Crippen molar-refractivity contribution >= 4 is 41.1 Å². The molecule has 1 aliphatic heterocycles. The van der Waals surface area contributed by atoms with Crippen LogP contribution >= 0.6 is 17.9 Å². The van der Waals surface area contributed by atoms with Crippen LogP contribution in [0.3, 0.4) is 0 Å². The van der Waals surface area contributed by atoms with Crippen LogP contribution in [0.1, 0.15) is 11.1 Å². The molecule has 2 aromatic carbocycles. The molecule has 0 radical (unpaired) electrons. The SMILES string of the molecule is Cl[Te]1(Cl)c2ccccc2Cc2ccccc21. The first kappa shape index (κ1) is 10.9. The molecule has 0 N–H and O–H groups in total. The van der Waals surface area contributed by atoms with E-state index < -0.39 is 15.9 Å². The predicted molar refractivity (Wildman–Crippen MR) is 72.4 cm³/mol. The van der Waals surface area contributed by atoms with Crippen molar-refractivity contribution in [1.82, 2.24) is 0 Å². The summed E-state index contributed by atoms with van der Waals surface area (Å²) in [5.41, 5.74) is 2.60. The van der Waals surface area contributed by atoms with Crippen molar-refractivity contribution < 1.29 is 0 Å². The summed E-state index contributed by atoms with van der Waals surface area (Å²) in [6, 6.07) is 16.6. The zero-order chi connectivity index (χ0) is 11.2. The fourth-order valence-electron chi connectivity index (χ4n) is 2.12. The average Bonchev–Trinajstić information content (AvgIpc) is 2.29. The normalized spacial score (nSPS) is 18.4. The maximum atomic E-state index is 6.69. The molecular formula is C13H10Cl2Te. The molecule has 0 spiro atoms. The van der Waals surface area contributed by atoms with Crippen LogP contribution in [-0.2, 0) is 6.42 Å². The fraction of sp³-hybridized carbons (Fsp3) is 0.0769. The Kier molecular flexibility index (Phi) is 2.68. The van der Waals surface area contributed by atoms with E-state index in [1.165, 1.54) is 18.3 Å². The summed E-state index contributed by atoms with van der Waals surface area (Å²) >= 11 is -3.07. The summed E-state index contributed by atoms with van der Waals surface area (Å²) in [5, 5.41) is 0. The van der Waals surface area contributed by atoms with Gasteiger partial charge in [-0.1, -0.05) is 0 Å². The van der Waals surface area contributed by atoms with Gasteiger partial charge in [0.15, 0.2) is 0 Å². The summed E-state index contributed by atoms with van der Waals surface area (Å²) in [6.45, 7) is 0. The number of halogens is 2. The van der Waals surface area contributed by atoms with Crippen LogP contribution in [0, 0.1) is 0 Å². The maximum absolute atomic E-state index is 6.69. The third-order valence-corrected chi connectivity index (χ3v) is 12.8. The van der Waals surface area contributed by atoms with E-state index in [2.05, 4.69) is 36.4 Å². The van der Waals surface area contributed by atoms with Crippen molar-refractivity contribution in [2.24, 2.45) is 0 Å². The molecule has 0 fully saturated rings. The first-order valence-electron chi connectivity index (χ1n) is 5.08. The Morgan fingerprint density at radius 3 is 1.69 bits per heavy atom. The van der Waals surface area contributed by atoms with Gasteiger partial charge in [0.25, 0.3) is 0 Å². The molecular weight excluding hydrogens is 355 g/mol. The molecule has 0 saturated carbocycles. The second kappa shape index (κ2) is 3.93. The van der Waals surface area contributed by atoms with Gasteiger partial charge in [-0.3, -0.25) is 0 Å². The summed E-state index contributed by atoms with van der Waals surface area (Å²) in [4.78, 5) is 0. The van der Waals surface area contributed by atoms with E-state index in [1.807, 2.05) is 12.1 Å². The minimum atomic E-state index is -3.07. The van der Waals surface area contributed by atoms with Gasteiger partial charge < -0.3 is 0 Å². The van der Waals surface area contributed by atoms with E-state index in [0.29, 0.717) is 0 Å². The van der Waals surface area contributed by atoms with Crippen molar-refractivity contribution in [3.05, 3.63) is 59.7 Å². The van der Waals surface area contributed by atoms with E-state index in [0.717, 1.165) is 6.42 Å². The number of hydrogen-bond donors (Lipinski definition) is 0. The standard InChI is InChI=1S/C13H10Cl2Te/c14-16(15)12-7-3-1-5-10(12)9-11-6-2-4-8-13(11)16/h1-8H,9H2. The Bertz CT molecular complexity index is 502. The Morgan fingerprint density at radius 1 is 0.750 bits per heavy atom. The topological polar surface area (TPSA) is 0 Å². The second-order valence-corrected chi connectivity index (χ2v) is 16.3. The molecule has 0 amide bonds. The molecule has 0 saturated heterocycles. The van der Waals surface area contributed by atoms with Crippen LogP contribution < -0.4 is 7.22 Å². The summed E-state index contributed by atoms with van der Waals surface area (Å²) in [5.74, 6) is 0. The van der Waals surface area contributed by atoms with Crippen molar-refractivity contribution in [2.75, 3.05) is 0 Å². The molecule has 0 nitrogen and oxygen atoms in total. The zero-order valence-electron chi connectivity index (χ0n) is 8.49. The number of rotatable bonds is 0. The molecule has 3 heteroatoms. The van der Waals surface area contributed by atoms with Crippen molar-refractivity contribution in [3.63, 3.8) is 0 Å².